The number of nitrogens with zero attached hydrogens (tertiary/aromatic N) is 3. The van der Waals surface area contributed by atoms with E-state index in [4.69, 9.17) is 4.52 Å². The van der Waals surface area contributed by atoms with Crippen molar-refractivity contribution in [3.05, 3.63) is 47.6 Å². The Balaban J connectivity index is 1.42. The number of carbonyl (C=O) groups excluding carboxylic acids is 2. The highest BCUT2D eigenvalue weighted by atomic mass is 16.5. The van der Waals surface area contributed by atoms with Crippen LogP contribution < -0.4 is 0 Å². The van der Waals surface area contributed by atoms with Crippen LogP contribution in [-0.4, -0.2) is 39.8 Å². The summed E-state index contributed by atoms with van der Waals surface area (Å²) in [5.74, 6) is 1.63. The van der Waals surface area contributed by atoms with Crippen molar-refractivity contribution in [3.8, 4) is 0 Å². The monoisotopic (exact) mass is 383 g/mol. The third-order valence-electron chi connectivity index (χ3n) is 5.20. The summed E-state index contributed by atoms with van der Waals surface area (Å²) in [6.07, 6.45) is 3.23. The minimum Gasteiger partial charge on any atom is -0.343 e. The van der Waals surface area contributed by atoms with Crippen LogP contribution in [0.3, 0.4) is 0 Å². The van der Waals surface area contributed by atoms with Gasteiger partial charge in [0.2, 0.25) is 11.8 Å². The normalized spacial score (nSPS) is 15.6. The molecule has 0 aliphatic carbocycles. The van der Waals surface area contributed by atoms with Crippen molar-refractivity contribution >= 4 is 11.7 Å². The molecule has 1 aliphatic heterocycles. The molecule has 6 heteroatoms. The van der Waals surface area contributed by atoms with Gasteiger partial charge < -0.3 is 9.42 Å². The summed E-state index contributed by atoms with van der Waals surface area (Å²) in [7, 11) is 0. The number of aromatic nitrogens is 2. The number of ketones is 1. The molecule has 2 aromatic rings. The molecule has 0 spiro atoms. The van der Waals surface area contributed by atoms with Crippen molar-refractivity contribution in [3.63, 3.8) is 0 Å². The first-order valence-electron chi connectivity index (χ1n) is 10.0. The second kappa shape index (κ2) is 8.67. The van der Waals surface area contributed by atoms with E-state index in [2.05, 4.69) is 10.1 Å². The zero-order valence-corrected chi connectivity index (χ0v) is 17.0. The summed E-state index contributed by atoms with van der Waals surface area (Å²) in [6, 6.07) is 9.42. The van der Waals surface area contributed by atoms with Gasteiger partial charge in [-0.3, -0.25) is 9.59 Å². The number of amides is 1. The maximum Gasteiger partial charge on any atom is 0.226 e. The average Bonchev–Trinajstić information content (AvgIpc) is 3.17. The highest BCUT2D eigenvalue weighted by Crippen LogP contribution is 2.23. The van der Waals surface area contributed by atoms with Crippen LogP contribution in [0.15, 0.2) is 34.9 Å². The number of rotatable bonds is 6. The summed E-state index contributed by atoms with van der Waals surface area (Å²) in [6.45, 7) is 7.42. The quantitative estimate of drug-likeness (QED) is 0.709. The second-order valence-corrected chi connectivity index (χ2v) is 8.50. The second-order valence-electron chi connectivity index (χ2n) is 8.50. The SMILES string of the molecule is CC(C)(C)c1noc(CCCC(=O)N2CCC(C(=O)c3ccccc3)CC2)n1. The van der Waals surface area contributed by atoms with Gasteiger partial charge in [-0.15, -0.1) is 0 Å². The third-order valence-corrected chi connectivity index (χ3v) is 5.20. The van der Waals surface area contributed by atoms with Crippen molar-refractivity contribution in [2.24, 2.45) is 5.92 Å². The van der Waals surface area contributed by atoms with Crippen molar-refractivity contribution in [2.75, 3.05) is 13.1 Å². The molecule has 1 fully saturated rings. The van der Waals surface area contributed by atoms with Gasteiger partial charge in [-0.25, -0.2) is 0 Å². The molecule has 1 aliphatic rings. The number of carbonyl (C=O) groups is 2. The van der Waals surface area contributed by atoms with Crippen LogP contribution in [0.2, 0.25) is 0 Å². The molecule has 0 atom stereocenters. The first kappa shape index (κ1) is 20.2. The van der Waals surface area contributed by atoms with E-state index in [1.165, 1.54) is 0 Å². The molecule has 1 amide bonds. The van der Waals surface area contributed by atoms with Gasteiger partial charge >= 0.3 is 0 Å². The van der Waals surface area contributed by atoms with Crippen molar-refractivity contribution in [2.45, 2.75) is 58.3 Å². The van der Waals surface area contributed by atoms with Crippen LogP contribution in [0.25, 0.3) is 0 Å². The minimum absolute atomic E-state index is 0.0145. The molecule has 0 radical (unpaired) electrons. The Morgan fingerprint density at radius 1 is 1.14 bits per heavy atom. The topological polar surface area (TPSA) is 76.3 Å². The number of likely N-dealkylation sites (tertiary alicyclic amines) is 1. The third kappa shape index (κ3) is 5.06. The Bertz CT molecular complexity index is 800. The van der Waals surface area contributed by atoms with Crippen LogP contribution in [-0.2, 0) is 16.6 Å². The number of piperidine rings is 1. The Hall–Kier alpha value is -2.50. The lowest BCUT2D eigenvalue weighted by molar-refractivity contribution is -0.132. The zero-order valence-electron chi connectivity index (χ0n) is 17.0. The summed E-state index contributed by atoms with van der Waals surface area (Å²) in [4.78, 5) is 31.3. The van der Waals surface area contributed by atoms with E-state index in [0.717, 1.165) is 18.4 Å². The van der Waals surface area contributed by atoms with E-state index in [0.29, 0.717) is 44.1 Å². The van der Waals surface area contributed by atoms with Crippen LogP contribution in [0, 0.1) is 5.92 Å². The largest absolute Gasteiger partial charge is 0.343 e. The van der Waals surface area contributed by atoms with Gasteiger partial charge in [0.05, 0.1) is 0 Å². The number of hydrogen-bond acceptors (Lipinski definition) is 5. The molecule has 6 nitrogen and oxygen atoms in total. The first-order valence-corrected chi connectivity index (χ1v) is 10.0. The molecule has 0 bridgehead atoms. The van der Waals surface area contributed by atoms with E-state index >= 15 is 0 Å². The Labute approximate surface area is 166 Å². The fourth-order valence-corrected chi connectivity index (χ4v) is 3.44. The fourth-order valence-electron chi connectivity index (χ4n) is 3.44. The van der Waals surface area contributed by atoms with E-state index in [9.17, 15) is 9.59 Å². The molecule has 1 saturated heterocycles. The lowest BCUT2D eigenvalue weighted by atomic mass is 9.89. The maximum absolute atomic E-state index is 12.6. The predicted molar refractivity (Wildman–Crippen MR) is 106 cm³/mol. The molecule has 3 rings (SSSR count). The molecular weight excluding hydrogens is 354 g/mol. The molecule has 0 unspecified atom stereocenters. The Morgan fingerprint density at radius 2 is 1.82 bits per heavy atom. The van der Waals surface area contributed by atoms with E-state index in [-0.39, 0.29) is 23.0 Å². The molecule has 1 aromatic heterocycles. The standard InChI is InChI=1S/C22H29N3O3/c1-22(2,3)21-23-18(28-24-21)10-7-11-19(26)25-14-12-17(13-15-25)20(27)16-8-5-4-6-9-16/h4-6,8-9,17H,7,10-15H2,1-3H3. The molecule has 150 valence electrons. The summed E-state index contributed by atoms with van der Waals surface area (Å²) in [5.41, 5.74) is 0.625. The van der Waals surface area contributed by atoms with Crippen molar-refractivity contribution < 1.29 is 14.1 Å². The number of benzene rings is 1. The molecule has 2 heterocycles. The van der Waals surface area contributed by atoms with E-state index in [1.807, 2.05) is 56.0 Å². The smallest absolute Gasteiger partial charge is 0.226 e. The molecule has 28 heavy (non-hydrogen) atoms. The highest BCUT2D eigenvalue weighted by molar-refractivity contribution is 5.98. The lowest BCUT2D eigenvalue weighted by Crippen LogP contribution is -2.40. The van der Waals surface area contributed by atoms with Gasteiger partial charge in [0, 0.05) is 42.8 Å². The van der Waals surface area contributed by atoms with Crippen molar-refractivity contribution in [1.29, 1.82) is 0 Å². The highest BCUT2D eigenvalue weighted by Gasteiger charge is 2.27. The Kier molecular flexibility index (Phi) is 6.27. The summed E-state index contributed by atoms with van der Waals surface area (Å²) >= 11 is 0. The van der Waals surface area contributed by atoms with E-state index < -0.39 is 0 Å². The summed E-state index contributed by atoms with van der Waals surface area (Å²) < 4.78 is 5.28. The van der Waals surface area contributed by atoms with Crippen molar-refractivity contribution in [1.82, 2.24) is 15.0 Å². The van der Waals surface area contributed by atoms with Gasteiger partial charge in [-0.1, -0.05) is 56.3 Å². The lowest BCUT2D eigenvalue weighted by Gasteiger charge is -2.31. The van der Waals surface area contributed by atoms with E-state index in [1.54, 1.807) is 0 Å². The zero-order chi connectivity index (χ0) is 20.1. The molecule has 0 saturated carbocycles. The number of hydrogen-bond donors (Lipinski definition) is 0. The van der Waals surface area contributed by atoms with Crippen LogP contribution in [0.5, 0.6) is 0 Å². The predicted octanol–water partition coefficient (Wildman–Crippen LogP) is 3.81. The van der Waals surface area contributed by atoms with Gasteiger partial charge in [-0.2, -0.15) is 4.98 Å². The average molecular weight is 383 g/mol. The van der Waals surface area contributed by atoms with Crippen LogP contribution in [0.4, 0.5) is 0 Å². The van der Waals surface area contributed by atoms with Crippen LogP contribution in [0.1, 0.15) is 68.5 Å². The maximum atomic E-state index is 12.6. The fraction of sp³-hybridized carbons (Fsp3) is 0.545. The van der Waals surface area contributed by atoms with Gasteiger partial charge in [0.1, 0.15) is 0 Å². The first-order chi connectivity index (χ1) is 13.3. The number of aryl methyl sites for hydroxylation is 1. The summed E-state index contributed by atoms with van der Waals surface area (Å²) in [5, 5.41) is 4.01. The molecule has 1 aromatic carbocycles. The van der Waals surface area contributed by atoms with Crippen LogP contribution >= 0.6 is 0 Å². The van der Waals surface area contributed by atoms with Gasteiger partial charge in [0.15, 0.2) is 11.6 Å². The molecular formula is C22H29N3O3. The van der Waals surface area contributed by atoms with Gasteiger partial charge in [-0.05, 0) is 19.3 Å². The minimum atomic E-state index is -0.140. The van der Waals surface area contributed by atoms with Gasteiger partial charge in [0.25, 0.3) is 0 Å². The Morgan fingerprint density at radius 3 is 2.43 bits per heavy atom. The number of Topliss-reactive ketones (excluding diaryl/α,β-unsaturated/α-hetero) is 1. The molecule has 0 N–H and O–H groups in total.